The van der Waals surface area contributed by atoms with E-state index in [-0.39, 0.29) is 12.2 Å². The lowest BCUT2D eigenvalue weighted by atomic mass is 10.0. The van der Waals surface area contributed by atoms with Gasteiger partial charge in [0.25, 0.3) is 0 Å². The fraction of sp³-hybridized carbons (Fsp3) is 0.231. The number of carbonyl (C=O) groups is 1. The summed E-state index contributed by atoms with van der Waals surface area (Å²) in [7, 11) is 1.74. The first-order valence-electron chi connectivity index (χ1n) is 5.56. The van der Waals surface area contributed by atoms with Crippen LogP contribution in [0.15, 0.2) is 18.2 Å². The molecule has 0 aliphatic rings. The number of benzene rings is 1. The molecule has 0 atom stereocenters. The lowest BCUT2D eigenvalue weighted by molar-refractivity contribution is 0.0993. The van der Waals surface area contributed by atoms with Gasteiger partial charge in [0.2, 0.25) is 0 Å². The number of Topliss-reactive ketones (excluding diaryl/α,β-unsaturated/α-hetero) is 1. The van der Waals surface area contributed by atoms with E-state index in [1.165, 1.54) is 0 Å². The number of rotatable bonds is 3. The predicted molar refractivity (Wildman–Crippen MR) is 77.5 cm³/mol. The van der Waals surface area contributed by atoms with Gasteiger partial charge < -0.3 is 0 Å². The molecular weight excluding hydrogens is 307 g/mol. The highest BCUT2D eigenvalue weighted by Gasteiger charge is 2.16. The Bertz CT molecular complexity index is 650. The molecule has 0 spiro atoms. The van der Waals surface area contributed by atoms with Crippen molar-refractivity contribution in [1.82, 2.24) is 9.78 Å². The number of hydrogen-bond donors (Lipinski definition) is 0. The lowest BCUT2D eigenvalue weighted by Gasteiger charge is -2.03. The molecule has 100 valence electrons. The van der Waals surface area contributed by atoms with Gasteiger partial charge in [0.15, 0.2) is 5.78 Å². The van der Waals surface area contributed by atoms with E-state index in [1.807, 2.05) is 6.92 Å². The molecule has 0 saturated carbocycles. The number of carbonyl (C=O) groups excluding carboxylic acids is 1. The summed E-state index contributed by atoms with van der Waals surface area (Å²) in [6.45, 7) is 1.82. The summed E-state index contributed by atoms with van der Waals surface area (Å²) in [4.78, 5) is 12.2. The maximum absolute atomic E-state index is 12.2. The van der Waals surface area contributed by atoms with E-state index in [4.69, 9.17) is 34.8 Å². The van der Waals surface area contributed by atoms with Gasteiger partial charge in [-0.25, -0.2) is 0 Å². The third-order valence-electron chi connectivity index (χ3n) is 2.85. The largest absolute Gasteiger partial charge is 0.294 e. The number of halogens is 3. The Hall–Kier alpha value is -1.03. The number of hydrogen-bond acceptors (Lipinski definition) is 2. The van der Waals surface area contributed by atoms with Gasteiger partial charge in [-0.1, -0.05) is 34.8 Å². The topological polar surface area (TPSA) is 34.9 Å². The predicted octanol–water partition coefficient (Wildman–Crippen LogP) is 4.11. The summed E-state index contributed by atoms with van der Waals surface area (Å²) in [5, 5.41) is 5.44. The van der Waals surface area contributed by atoms with Crippen LogP contribution in [0.5, 0.6) is 0 Å². The second-order valence-electron chi connectivity index (χ2n) is 4.21. The van der Waals surface area contributed by atoms with E-state index < -0.39 is 0 Å². The molecule has 1 aromatic heterocycles. The summed E-state index contributed by atoms with van der Waals surface area (Å²) in [6, 6.07) is 4.82. The minimum Gasteiger partial charge on any atom is -0.294 e. The fourth-order valence-corrected chi connectivity index (χ4v) is 2.35. The molecule has 0 unspecified atom stereocenters. The second-order valence-corrected chi connectivity index (χ2v) is 5.38. The zero-order valence-corrected chi connectivity index (χ0v) is 12.6. The molecule has 0 N–H and O–H groups in total. The summed E-state index contributed by atoms with van der Waals surface area (Å²) in [6.07, 6.45) is 0.191. The van der Waals surface area contributed by atoms with Crippen molar-refractivity contribution in [2.24, 2.45) is 7.05 Å². The summed E-state index contributed by atoms with van der Waals surface area (Å²) < 4.78 is 1.55. The van der Waals surface area contributed by atoms with E-state index in [2.05, 4.69) is 5.10 Å². The molecule has 2 aromatic rings. The van der Waals surface area contributed by atoms with Crippen molar-refractivity contribution < 1.29 is 4.79 Å². The summed E-state index contributed by atoms with van der Waals surface area (Å²) in [5.41, 5.74) is 2.00. The highest BCUT2D eigenvalue weighted by Crippen LogP contribution is 2.25. The normalized spacial score (nSPS) is 10.8. The zero-order valence-electron chi connectivity index (χ0n) is 10.4. The molecule has 0 saturated heterocycles. The molecule has 0 aliphatic heterocycles. The molecule has 3 nitrogen and oxygen atoms in total. The first-order chi connectivity index (χ1) is 8.90. The van der Waals surface area contributed by atoms with Crippen molar-refractivity contribution in [3.05, 3.63) is 50.2 Å². The highest BCUT2D eigenvalue weighted by molar-refractivity contribution is 6.42. The van der Waals surface area contributed by atoms with Gasteiger partial charge in [0.1, 0.15) is 5.15 Å². The van der Waals surface area contributed by atoms with E-state index in [9.17, 15) is 4.79 Å². The monoisotopic (exact) mass is 316 g/mol. The number of aryl methyl sites for hydroxylation is 2. The van der Waals surface area contributed by atoms with Crippen molar-refractivity contribution >= 4 is 40.6 Å². The minimum absolute atomic E-state index is 0.0726. The highest BCUT2D eigenvalue weighted by atomic mass is 35.5. The van der Waals surface area contributed by atoms with Crippen LogP contribution in [-0.2, 0) is 13.5 Å². The molecule has 1 aromatic carbocycles. The first-order valence-corrected chi connectivity index (χ1v) is 6.69. The molecule has 0 radical (unpaired) electrons. The number of ketones is 1. The molecule has 2 rings (SSSR count). The van der Waals surface area contributed by atoms with E-state index in [1.54, 1.807) is 29.9 Å². The third kappa shape index (κ3) is 2.94. The molecule has 0 fully saturated rings. The Morgan fingerprint density at radius 3 is 2.47 bits per heavy atom. The van der Waals surface area contributed by atoms with Crippen LogP contribution in [0.1, 0.15) is 21.6 Å². The van der Waals surface area contributed by atoms with Gasteiger partial charge in [0, 0.05) is 24.6 Å². The smallest absolute Gasteiger partial charge is 0.167 e. The average molecular weight is 318 g/mol. The van der Waals surface area contributed by atoms with Crippen LogP contribution in [0.25, 0.3) is 0 Å². The van der Waals surface area contributed by atoms with Gasteiger partial charge in [-0.2, -0.15) is 5.10 Å². The first kappa shape index (κ1) is 14.4. The Morgan fingerprint density at radius 1 is 1.26 bits per heavy atom. The van der Waals surface area contributed by atoms with Crippen molar-refractivity contribution in [3.63, 3.8) is 0 Å². The Kier molecular flexibility index (Phi) is 4.19. The van der Waals surface area contributed by atoms with Crippen molar-refractivity contribution in [2.45, 2.75) is 13.3 Å². The number of nitrogens with zero attached hydrogens (tertiary/aromatic N) is 2. The second kappa shape index (κ2) is 5.53. The van der Waals surface area contributed by atoms with Crippen molar-refractivity contribution in [2.75, 3.05) is 0 Å². The van der Waals surface area contributed by atoms with Crippen LogP contribution in [0.3, 0.4) is 0 Å². The minimum atomic E-state index is -0.0726. The zero-order chi connectivity index (χ0) is 14.2. The van der Waals surface area contributed by atoms with Gasteiger partial charge in [0.05, 0.1) is 15.7 Å². The Morgan fingerprint density at radius 2 is 1.95 bits per heavy atom. The van der Waals surface area contributed by atoms with Gasteiger partial charge in [-0.05, 0) is 25.1 Å². The average Bonchev–Trinajstić information content (AvgIpc) is 2.59. The molecule has 1 heterocycles. The summed E-state index contributed by atoms with van der Waals surface area (Å²) in [5.74, 6) is -0.0726. The maximum Gasteiger partial charge on any atom is 0.167 e. The van der Waals surface area contributed by atoms with Crippen molar-refractivity contribution in [3.8, 4) is 0 Å². The maximum atomic E-state index is 12.2. The van der Waals surface area contributed by atoms with Crippen LogP contribution in [0, 0.1) is 6.92 Å². The van der Waals surface area contributed by atoms with Crippen LogP contribution >= 0.6 is 34.8 Å². The molecule has 0 amide bonds. The van der Waals surface area contributed by atoms with E-state index in [0.717, 1.165) is 11.3 Å². The SMILES string of the molecule is Cc1nn(C)c(Cl)c1CC(=O)c1ccc(Cl)c(Cl)c1. The molecule has 0 bridgehead atoms. The van der Waals surface area contributed by atoms with Crippen LogP contribution in [0.2, 0.25) is 15.2 Å². The standard InChI is InChI=1S/C13H11Cl3N2O/c1-7-9(13(16)18(2)17-7)6-12(19)8-3-4-10(14)11(15)5-8/h3-5H,6H2,1-2H3. The van der Waals surface area contributed by atoms with Gasteiger partial charge in [-0.15, -0.1) is 0 Å². The Labute approximate surface area is 126 Å². The Balaban J connectivity index is 2.28. The van der Waals surface area contributed by atoms with E-state index >= 15 is 0 Å². The van der Waals surface area contributed by atoms with Gasteiger partial charge >= 0.3 is 0 Å². The quantitative estimate of drug-likeness (QED) is 0.798. The summed E-state index contributed by atoms with van der Waals surface area (Å²) >= 11 is 17.8. The molecule has 0 aliphatic carbocycles. The van der Waals surface area contributed by atoms with Crippen molar-refractivity contribution in [1.29, 1.82) is 0 Å². The third-order valence-corrected chi connectivity index (χ3v) is 4.06. The molecular formula is C13H11Cl3N2O. The van der Waals surface area contributed by atoms with Crippen LogP contribution < -0.4 is 0 Å². The lowest BCUT2D eigenvalue weighted by Crippen LogP contribution is -2.04. The number of aromatic nitrogens is 2. The molecule has 19 heavy (non-hydrogen) atoms. The van der Waals surface area contributed by atoms with Crippen LogP contribution in [0.4, 0.5) is 0 Å². The molecule has 6 heteroatoms. The van der Waals surface area contributed by atoms with E-state index in [0.29, 0.717) is 20.8 Å². The fourth-order valence-electron chi connectivity index (χ4n) is 1.81. The van der Waals surface area contributed by atoms with Gasteiger partial charge in [-0.3, -0.25) is 9.48 Å². The van der Waals surface area contributed by atoms with Crippen LogP contribution in [-0.4, -0.2) is 15.6 Å².